The molecule has 2 unspecified atom stereocenters. The summed E-state index contributed by atoms with van der Waals surface area (Å²) in [4.78, 5) is 35.5. The van der Waals surface area contributed by atoms with E-state index in [1.807, 2.05) is 21.1 Å². The molecule has 1 N–H and O–H groups in total. The van der Waals surface area contributed by atoms with Gasteiger partial charge in [-0.15, -0.1) is 0 Å². The molecule has 0 saturated carbocycles. The van der Waals surface area contributed by atoms with E-state index in [0.29, 0.717) is 23.9 Å². The van der Waals surface area contributed by atoms with Crippen molar-refractivity contribution >= 4 is 19.8 Å². The van der Waals surface area contributed by atoms with Gasteiger partial charge in [0.15, 0.2) is 6.10 Å². The molecule has 0 aromatic heterocycles. The number of likely N-dealkylation sites (N-methyl/N-ethyl adjacent to an activating group) is 1. The topological polar surface area (TPSA) is 108 Å². The molecule has 0 heterocycles. The third-order valence-electron chi connectivity index (χ3n) is 10.8. The molecule has 2 atom stereocenters. The monoisotopic (exact) mass is 895 g/mol. The molecule has 0 rings (SSSR count). The Morgan fingerprint density at radius 1 is 0.484 bits per heavy atom. The molecule has 10 heteroatoms. The minimum atomic E-state index is -4.40. The normalized spacial score (nSPS) is 13.8. The van der Waals surface area contributed by atoms with Crippen molar-refractivity contribution in [2.75, 3.05) is 47.5 Å². The summed E-state index contributed by atoms with van der Waals surface area (Å²) in [5, 5.41) is 0. The quantitative estimate of drug-likeness (QED) is 0.0212. The maximum Gasteiger partial charge on any atom is 0.472 e. The molecule has 0 aliphatic carbocycles. The van der Waals surface area contributed by atoms with Crippen molar-refractivity contribution in [1.82, 2.24) is 0 Å². The van der Waals surface area contributed by atoms with Crippen LogP contribution in [0.25, 0.3) is 0 Å². The largest absolute Gasteiger partial charge is 0.472 e. The van der Waals surface area contributed by atoms with Gasteiger partial charge in [0.25, 0.3) is 0 Å². The van der Waals surface area contributed by atoms with Crippen LogP contribution in [0.5, 0.6) is 0 Å². The van der Waals surface area contributed by atoms with Gasteiger partial charge in [0.2, 0.25) is 0 Å². The van der Waals surface area contributed by atoms with Crippen molar-refractivity contribution in [3.63, 3.8) is 0 Å². The van der Waals surface area contributed by atoms with Gasteiger partial charge in [-0.25, -0.2) is 4.57 Å². The lowest BCUT2D eigenvalue weighted by Gasteiger charge is -2.24. The first-order chi connectivity index (χ1) is 30.0. The van der Waals surface area contributed by atoms with Gasteiger partial charge in [-0.3, -0.25) is 18.6 Å². The predicted molar refractivity (Wildman–Crippen MR) is 261 cm³/mol. The van der Waals surface area contributed by atoms with Crippen molar-refractivity contribution in [1.29, 1.82) is 0 Å². The molecule has 0 aromatic rings. The van der Waals surface area contributed by atoms with Crippen LogP contribution in [0, 0.1) is 0 Å². The molecule has 0 aliphatic rings. The third-order valence-corrected chi connectivity index (χ3v) is 11.8. The van der Waals surface area contributed by atoms with Crippen molar-refractivity contribution in [2.24, 2.45) is 0 Å². The molecular weight excluding hydrogens is 798 g/mol. The second kappa shape index (κ2) is 44.2. The number of hydrogen-bond acceptors (Lipinski definition) is 7. The molecule has 0 aliphatic heterocycles. The summed E-state index contributed by atoms with van der Waals surface area (Å²) in [5.74, 6) is -0.894. The van der Waals surface area contributed by atoms with Crippen LogP contribution in [-0.2, 0) is 32.7 Å². The van der Waals surface area contributed by atoms with Crippen molar-refractivity contribution in [3.05, 3.63) is 48.6 Å². The first-order valence-corrected chi connectivity index (χ1v) is 26.9. The van der Waals surface area contributed by atoms with Gasteiger partial charge >= 0.3 is 19.8 Å². The molecule has 0 bridgehead atoms. The third kappa shape index (κ3) is 47.4. The number of hydrogen-bond donors (Lipinski definition) is 1. The zero-order valence-corrected chi connectivity index (χ0v) is 41.7. The number of esters is 2. The number of nitrogens with zero attached hydrogens (tertiary/aromatic N) is 1. The minimum absolute atomic E-state index is 0.0184. The highest BCUT2D eigenvalue weighted by Crippen LogP contribution is 2.43. The Balaban J connectivity index is 4.38. The Labute approximate surface area is 382 Å². The Morgan fingerprint density at radius 2 is 0.839 bits per heavy atom. The number of carbonyl (C=O) groups excluding carboxylic acids is 2. The lowest BCUT2D eigenvalue weighted by molar-refractivity contribution is -0.870. The fraction of sp³-hybridized carbons (Fsp3) is 0.808. The number of allylic oxidation sites excluding steroid dienone is 8. The van der Waals surface area contributed by atoms with E-state index in [1.165, 1.54) is 128 Å². The zero-order valence-electron chi connectivity index (χ0n) is 40.9. The summed E-state index contributed by atoms with van der Waals surface area (Å²) in [7, 11) is 1.43. The van der Waals surface area contributed by atoms with E-state index in [-0.39, 0.29) is 26.1 Å². The summed E-state index contributed by atoms with van der Waals surface area (Å²) < 4.78 is 34.3. The summed E-state index contributed by atoms with van der Waals surface area (Å²) in [6.45, 7) is 4.36. The SMILES string of the molecule is CCCCCCCCCCCC/C=C\CC/C=C\CCCC(=O)OCC(COP(=O)(O)OCC[N+](C)(C)C)OC(=O)CCC/C=C\CC/C=C\CCCCCCCCCCCC. The van der Waals surface area contributed by atoms with Crippen LogP contribution in [-0.4, -0.2) is 74.9 Å². The standard InChI is InChI=1S/C52H96NO8P/c1-6-8-10-12-14-16-18-20-22-24-26-28-30-32-34-36-38-40-42-44-51(54)58-48-50(49-60-62(56,57)59-47-46-53(3,4)5)61-52(55)45-43-41-39-37-35-33-31-29-27-25-23-21-19-17-15-13-11-9-7-2/h28-31,36-39,50H,6-27,32-35,40-49H2,1-5H3/p+1/b30-28-,31-29-,38-36-,39-37-. The van der Waals surface area contributed by atoms with E-state index in [9.17, 15) is 19.0 Å². The van der Waals surface area contributed by atoms with Crippen molar-refractivity contribution in [2.45, 2.75) is 225 Å². The van der Waals surface area contributed by atoms with Crippen LogP contribution in [0.1, 0.15) is 219 Å². The second-order valence-corrected chi connectivity index (χ2v) is 19.6. The Morgan fingerprint density at radius 3 is 1.24 bits per heavy atom. The maximum absolute atomic E-state index is 12.7. The minimum Gasteiger partial charge on any atom is -0.462 e. The summed E-state index contributed by atoms with van der Waals surface area (Å²) in [6.07, 6.45) is 53.3. The number of rotatable bonds is 46. The van der Waals surface area contributed by atoms with Crippen LogP contribution in [0.4, 0.5) is 0 Å². The number of carbonyl (C=O) groups is 2. The van der Waals surface area contributed by atoms with Gasteiger partial charge < -0.3 is 18.9 Å². The zero-order chi connectivity index (χ0) is 45.7. The highest BCUT2D eigenvalue weighted by atomic mass is 31.2. The first-order valence-electron chi connectivity index (χ1n) is 25.4. The van der Waals surface area contributed by atoms with E-state index in [4.69, 9.17) is 18.5 Å². The van der Waals surface area contributed by atoms with Crippen molar-refractivity contribution < 1.29 is 42.1 Å². The van der Waals surface area contributed by atoms with Crippen LogP contribution >= 0.6 is 7.82 Å². The number of phosphoric acid groups is 1. The Bertz CT molecular complexity index is 1190. The van der Waals surface area contributed by atoms with Crippen molar-refractivity contribution in [3.8, 4) is 0 Å². The fourth-order valence-corrected chi connectivity index (χ4v) is 7.56. The van der Waals surface area contributed by atoms with Crippen LogP contribution in [0.15, 0.2) is 48.6 Å². The molecule has 362 valence electrons. The van der Waals surface area contributed by atoms with Gasteiger partial charge in [-0.05, 0) is 77.0 Å². The van der Waals surface area contributed by atoms with E-state index in [0.717, 1.165) is 51.4 Å². The average molecular weight is 895 g/mol. The van der Waals surface area contributed by atoms with E-state index in [1.54, 1.807) is 0 Å². The molecule has 0 spiro atoms. The van der Waals surface area contributed by atoms with Crippen LogP contribution in [0.3, 0.4) is 0 Å². The first kappa shape index (κ1) is 60.0. The average Bonchev–Trinajstić information content (AvgIpc) is 3.23. The molecule has 0 saturated heterocycles. The molecule has 0 aromatic carbocycles. The Hall–Kier alpha value is -2.03. The smallest absolute Gasteiger partial charge is 0.462 e. The number of unbranched alkanes of at least 4 members (excludes halogenated alkanes) is 24. The summed E-state index contributed by atoms with van der Waals surface area (Å²) in [6, 6.07) is 0. The summed E-state index contributed by atoms with van der Waals surface area (Å²) in [5.41, 5.74) is 0. The van der Waals surface area contributed by atoms with Gasteiger partial charge in [-0.2, -0.15) is 0 Å². The number of ether oxygens (including phenoxy) is 2. The maximum atomic E-state index is 12.7. The molecule has 62 heavy (non-hydrogen) atoms. The fourth-order valence-electron chi connectivity index (χ4n) is 6.82. The predicted octanol–water partition coefficient (Wildman–Crippen LogP) is 15.0. The van der Waals surface area contributed by atoms with E-state index >= 15 is 0 Å². The lowest BCUT2D eigenvalue weighted by Crippen LogP contribution is -2.37. The number of phosphoric ester groups is 1. The molecule has 0 fully saturated rings. The molecule has 9 nitrogen and oxygen atoms in total. The number of quaternary nitrogens is 1. The van der Waals surface area contributed by atoms with Gasteiger partial charge in [0.05, 0.1) is 27.7 Å². The van der Waals surface area contributed by atoms with Crippen LogP contribution in [0.2, 0.25) is 0 Å². The van der Waals surface area contributed by atoms with Gasteiger partial charge in [0.1, 0.15) is 19.8 Å². The highest BCUT2D eigenvalue weighted by Gasteiger charge is 2.27. The molecule has 0 radical (unpaired) electrons. The molecule has 0 amide bonds. The van der Waals surface area contributed by atoms with Crippen LogP contribution < -0.4 is 0 Å². The molecular formula is C52H97NO8P+. The highest BCUT2D eigenvalue weighted by molar-refractivity contribution is 7.47. The second-order valence-electron chi connectivity index (χ2n) is 18.2. The van der Waals surface area contributed by atoms with E-state index in [2.05, 4.69) is 62.5 Å². The van der Waals surface area contributed by atoms with E-state index < -0.39 is 32.5 Å². The lowest BCUT2D eigenvalue weighted by atomic mass is 10.1. The Kier molecular flexibility index (Phi) is 42.7. The van der Waals surface area contributed by atoms with Gasteiger partial charge in [0, 0.05) is 12.8 Å². The van der Waals surface area contributed by atoms with Gasteiger partial charge in [-0.1, -0.05) is 178 Å². The summed E-state index contributed by atoms with van der Waals surface area (Å²) >= 11 is 0.